The van der Waals surface area contributed by atoms with E-state index in [0.29, 0.717) is 22.4 Å². The highest BCUT2D eigenvalue weighted by Crippen LogP contribution is 2.21. The van der Waals surface area contributed by atoms with Gasteiger partial charge in [0.15, 0.2) is 0 Å². The SMILES string of the molecule is COc1ccccc1C=Cc1nc2ccccc2c(=O)n1-c1ccc(F)cc1. The summed E-state index contributed by atoms with van der Waals surface area (Å²) in [7, 11) is 1.61. The van der Waals surface area contributed by atoms with Crippen LogP contribution in [-0.4, -0.2) is 16.7 Å². The van der Waals surface area contributed by atoms with Crippen LogP contribution in [0.1, 0.15) is 11.4 Å². The summed E-state index contributed by atoms with van der Waals surface area (Å²) in [5.74, 6) is 0.799. The normalized spacial score (nSPS) is 11.2. The fourth-order valence-electron chi connectivity index (χ4n) is 3.07. The molecule has 0 N–H and O–H groups in total. The Balaban J connectivity index is 1.93. The van der Waals surface area contributed by atoms with Gasteiger partial charge in [0.1, 0.15) is 17.4 Å². The van der Waals surface area contributed by atoms with E-state index in [1.807, 2.05) is 36.4 Å². The Hall–Kier alpha value is -3.73. The maximum atomic E-state index is 13.4. The van der Waals surface area contributed by atoms with Gasteiger partial charge in [-0.1, -0.05) is 30.3 Å². The largest absolute Gasteiger partial charge is 0.496 e. The molecule has 1 heterocycles. The summed E-state index contributed by atoms with van der Waals surface area (Å²) in [6.45, 7) is 0. The second-order valence-electron chi connectivity index (χ2n) is 6.18. The molecule has 0 aliphatic rings. The Labute approximate surface area is 161 Å². The van der Waals surface area contributed by atoms with Crippen molar-refractivity contribution < 1.29 is 9.13 Å². The number of rotatable bonds is 4. The van der Waals surface area contributed by atoms with E-state index in [0.717, 1.165) is 11.3 Å². The standard InChI is InChI=1S/C23H17FN2O2/c1-28-21-9-5-2-6-16(21)10-15-22-25-20-8-4-3-7-19(20)23(27)26(22)18-13-11-17(24)12-14-18/h2-15H,1H3. The van der Waals surface area contributed by atoms with Crippen molar-refractivity contribution in [3.8, 4) is 11.4 Å². The summed E-state index contributed by atoms with van der Waals surface area (Å²) in [4.78, 5) is 17.8. The lowest BCUT2D eigenvalue weighted by molar-refractivity contribution is 0.414. The zero-order valence-electron chi connectivity index (χ0n) is 15.2. The summed E-state index contributed by atoms with van der Waals surface area (Å²) in [5, 5.41) is 0.501. The van der Waals surface area contributed by atoms with Gasteiger partial charge in [-0.25, -0.2) is 9.37 Å². The van der Waals surface area contributed by atoms with Gasteiger partial charge in [-0.2, -0.15) is 0 Å². The van der Waals surface area contributed by atoms with Crippen LogP contribution in [0.2, 0.25) is 0 Å². The zero-order chi connectivity index (χ0) is 19.5. The zero-order valence-corrected chi connectivity index (χ0v) is 15.2. The number of hydrogen-bond donors (Lipinski definition) is 0. The van der Waals surface area contributed by atoms with Crippen molar-refractivity contribution in [3.63, 3.8) is 0 Å². The van der Waals surface area contributed by atoms with Gasteiger partial charge >= 0.3 is 0 Å². The van der Waals surface area contributed by atoms with E-state index in [1.165, 1.54) is 16.7 Å². The molecule has 0 unspecified atom stereocenters. The number of nitrogens with zero attached hydrogens (tertiary/aromatic N) is 2. The predicted octanol–water partition coefficient (Wildman–Crippen LogP) is 4.70. The first kappa shape index (κ1) is 17.7. The van der Waals surface area contributed by atoms with E-state index in [9.17, 15) is 9.18 Å². The molecular weight excluding hydrogens is 355 g/mol. The molecule has 4 rings (SSSR count). The lowest BCUT2D eigenvalue weighted by atomic mass is 10.1. The molecule has 5 heteroatoms. The van der Waals surface area contributed by atoms with Crippen LogP contribution in [0.5, 0.6) is 5.75 Å². The maximum absolute atomic E-state index is 13.4. The average molecular weight is 372 g/mol. The summed E-state index contributed by atoms with van der Waals surface area (Å²) < 4.78 is 20.2. The predicted molar refractivity (Wildman–Crippen MR) is 109 cm³/mol. The highest BCUT2D eigenvalue weighted by Gasteiger charge is 2.11. The first-order valence-electron chi connectivity index (χ1n) is 8.76. The van der Waals surface area contributed by atoms with E-state index in [4.69, 9.17) is 4.74 Å². The Bertz CT molecular complexity index is 1230. The maximum Gasteiger partial charge on any atom is 0.266 e. The van der Waals surface area contributed by atoms with Crippen LogP contribution in [0.15, 0.2) is 77.6 Å². The fraction of sp³-hybridized carbons (Fsp3) is 0.0435. The molecular formula is C23H17FN2O2. The highest BCUT2D eigenvalue weighted by atomic mass is 19.1. The van der Waals surface area contributed by atoms with Gasteiger partial charge in [0.05, 0.1) is 23.7 Å². The quantitative estimate of drug-likeness (QED) is 0.521. The summed E-state index contributed by atoms with van der Waals surface area (Å²) in [5.41, 5.74) is 1.80. The van der Waals surface area contributed by atoms with Gasteiger partial charge < -0.3 is 4.74 Å². The molecule has 0 amide bonds. The molecule has 0 radical (unpaired) electrons. The molecule has 0 saturated carbocycles. The number of benzene rings is 3. The number of methoxy groups -OCH3 is 1. The van der Waals surface area contributed by atoms with E-state index >= 15 is 0 Å². The second-order valence-corrected chi connectivity index (χ2v) is 6.18. The molecule has 0 aliphatic carbocycles. The number of para-hydroxylation sites is 2. The summed E-state index contributed by atoms with van der Waals surface area (Å²) in [6, 6.07) is 20.5. The van der Waals surface area contributed by atoms with Crippen molar-refractivity contribution in [1.29, 1.82) is 0 Å². The molecule has 0 bridgehead atoms. The third-order valence-electron chi connectivity index (χ3n) is 4.44. The Morgan fingerprint density at radius 1 is 0.929 bits per heavy atom. The third-order valence-corrected chi connectivity index (χ3v) is 4.44. The van der Waals surface area contributed by atoms with Crippen molar-refractivity contribution in [1.82, 2.24) is 9.55 Å². The van der Waals surface area contributed by atoms with Crippen LogP contribution >= 0.6 is 0 Å². The molecule has 4 aromatic rings. The smallest absolute Gasteiger partial charge is 0.266 e. The van der Waals surface area contributed by atoms with Crippen LogP contribution < -0.4 is 10.3 Å². The van der Waals surface area contributed by atoms with Gasteiger partial charge in [-0.05, 0) is 54.6 Å². The number of hydrogen-bond acceptors (Lipinski definition) is 3. The third kappa shape index (κ3) is 3.30. The molecule has 0 saturated heterocycles. The Kier molecular flexibility index (Phi) is 4.72. The van der Waals surface area contributed by atoms with Crippen LogP contribution in [0.4, 0.5) is 4.39 Å². The van der Waals surface area contributed by atoms with Gasteiger partial charge in [-0.3, -0.25) is 9.36 Å². The number of aromatic nitrogens is 2. The minimum Gasteiger partial charge on any atom is -0.496 e. The van der Waals surface area contributed by atoms with Crippen molar-refractivity contribution >= 4 is 23.1 Å². The average Bonchev–Trinajstić information content (AvgIpc) is 2.73. The molecule has 0 fully saturated rings. The first-order chi connectivity index (χ1) is 13.7. The number of halogens is 1. The molecule has 28 heavy (non-hydrogen) atoms. The summed E-state index contributed by atoms with van der Waals surface area (Å²) >= 11 is 0. The van der Waals surface area contributed by atoms with E-state index in [1.54, 1.807) is 43.5 Å². The topological polar surface area (TPSA) is 44.1 Å². The van der Waals surface area contributed by atoms with E-state index < -0.39 is 0 Å². The fourth-order valence-corrected chi connectivity index (χ4v) is 3.07. The van der Waals surface area contributed by atoms with Gasteiger partial charge in [0, 0.05) is 5.56 Å². The molecule has 4 nitrogen and oxygen atoms in total. The van der Waals surface area contributed by atoms with E-state index in [-0.39, 0.29) is 11.4 Å². The first-order valence-corrected chi connectivity index (χ1v) is 8.76. The second kappa shape index (κ2) is 7.48. The van der Waals surface area contributed by atoms with Crippen LogP contribution in [0, 0.1) is 5.82 Å². The van der Waals surface area contributed by atoms with Crippen LogP contribution in [-0.2, 0) is 0 Å². The minimum absolute atomic E-state index is 0.211. The minimum atomic E-state index is -0.364. The van der Waals surface area contributed by atoms with Gasteiger partial charge in [0.2, 0.25) is 0 Å². The van der Waals surface area contributed by atoms with Crippen molar-refractivity contribution in [2.24, 2.45) is 0 Å². The molecule has 3 aromatic carbocycles. The number of fused-ring (bicyclic) bond motifs is 1. The highest BCUT2D eigenvalue weighted by molar-refractivity contribution is 5.80. The Morgan fingerprint density at radius 3 is 2.43 bits per heavy atom. The summed E-state index contributed by atoms with van der Waals surface area (Å²) in [6.07, 6.45) is 3.60. The van der Waals surface area contributed by atoms with Gasteiger partial charge in [-0.15, -0.1) is 0 Å². The van der Waals surface area contributed by atoms with Crippen LogP contribution in [0.25, 0.3) is 28.7 Å². The van der Waals surface area contributed by atoms with E-state index in [2.05, 4.69) is 4.98 Å². The molecule has 0 atom stereocenters. The van der Waals surface area contributed by atoms with Crippen molar-refractivity contribution in [2.75, 3.05) is 7.11 Å². The molecule has 0 aliphatic heterocycles. The Morgan fingerprint density at radius 2 is 1.64 bits per heavy atom. The van der Waals surface area contributed by atoms with Crippen molar-refractivity contribution in [3.05, 3.63) is 100 Å². The number of ether oxygens (including phenoxy) is 1. The lowest BCUT2D eigenvalue weighted by Gasteiger charge is -2.11. The lowest BCUT2D eigenvalue weighted by Crippen LogP contribution is -2.22. The molecule has 138 valence electrons. The van der Waals surface area contributed by atoms with Crippen molar-refractivity contribution in [2.45, 2.75) is 0 Å². The molecule has 0 spiro atoms. The van der Waals surface area contributed by atoms with Crippen LogP contribution in [0.3, 0.4) is 0 Å². The monoisotopic (exact) mass is 372 g/mol. The van der Waals surface area contributed by atoms with Gasteiger partial charge in [0.25, 0.3) is 5.56 Å². The molecule has 1 aromatic heterocycles.